The molecule has 0 N–H and O–H groups in total. The Morgan fingerprint density at radius 2 is 1.38 bits per heavy atom. The first-order chi connectivity index (χ1) is 16.5. The highest BCUT2D eigenvalue weighted by atomic mass is 32.1. The largest absolute Gasteiger partial charge is 0.271 e. The minimum atomic E-state index is -1.36. The van der Waals surface area contributed by atoms with E-state index in [-0.39, 0.29) is 5.11 Å². The zero-order valence-electron chi connectivity index (χ0n) is 18.3. The van der Waals surface area contributed by atoms with Crippen LogP contribution in [-0.4, -0.2) is 23.0 Å². The fourth-order valence-corrected chi connectivity index (χ4v) is 4.31. The van der Waals surface area contributed by atoms with Crippen LogP contribution >= 0.6 is 12.2 Å². The van der Waals surface area contributed by atoms with Crippen LogP contribution < -0.4 is 9.80 Å². The SMILES string of the molecule is Cc1cccc(N=NC2C(=O)N(c3ccccc3)C(=S)N(c3ccc4ccccc4c3)C2=O)c1. The van der Waals surface area contributed by atoms with Gasteiger partial charge in [0.2, 0.25) is 6.04 Å². The molecule has 4 aromatic rings. The van der Waals surface area contributed by atoms with Gasteiger partial charge in [-0.2, -0.15) is 10.2 Å². The number of para-hydroxylation sites is 1. The second-order valence-corrected chi connectivity index (χ2v) is 8.32. The van der Waals surface area contributed by atoms with E-state index in [4.69, 9.17) is 12.2 Å². The molecule has 1 heterocycles. The normalized spacial score (nSPS) is 16.6. The summed E-state index contributed by atoms with van der Waals surface area (Å²) in [4.78, 5) is 29.8. The molecule has 1 aliphatic heterocycles. The van der Waals surface area contributed by atoms with Crippen LogP contribution in [0.15, 0.2) is 107 Å². The highest BCUT2D eigenvalue weighted by Crippen LogP contribution is 2.30. The standard InChI is InChI=1S/C27H20N4O2S/c1-18-8-7-11-21(16-18)28-29-24-25(32)30(22-12-3-2-4-13-22)27(34)31(26(24)33)23-15-14-19-9-5-6-10-20(19)17-23/h2-17,24H,1H3. The quantitative estimate of drug-likeness (QED) is 0.212. The average molecular weight is 465 g/mol. The van der Waals surface area contributed by atoms with Crippen molar-refractivity contribution in [3.63, 3.8) is 0 Å². The van der Waals surface area contributed by atoms with E-state index in [9.17, 15) is 9.59 Å². The van der Waals surface area contributed by atoms with E-state index in [1.54, 1.807) is 18.2 Å². The molecule has 34 heavy (non-hydrogen) atoms. The fraction of sp³-hybridized carbons (Fsp3) is 0.0741. The Hall–Kier alpha value is -4.23. The maximum absolute atomic E-state index is 13.6. The molecule has 1 unspecified atom stereocenters. The van der Waals surface area contributed by atoms with Crippen molar-refractivity contribution in [3.05, 3.63) is 103 Å². The predicted molar refractivity (Wildman–Crippen MR) is 137 cm³/mol. The number of hydrogen-bond acceptors (Lipinski definition) is 5. The maximum atomic E-state index is 13.6. The molecule has 1 atom stereocenters. The van der Waals surface area contributed by atoms with Crippen LogP contribution in [0.1, 0.15) is 5.56 Å². The number of azo groups is 1. The van der Waals surface area contributed by atoms with E-state index >= 15 is 0 Å². The minimum Gasteiger partial charge on any atom is -0.271 e. The summed E-state index contributed by atoms with van der Waals surface area (Å²) in [5.41, 5.74) is 2.70. The zero-order chi connectivity index (χ0) is 23.7. The summed E-state index contributed by atoms with van der Waals surface area (Å²) >= 11 is 5.68. The van der Waals surface area contributed by atoms with E-state index in [0.717, 1.165) is 16.3 Å². The Kier molecular flexibility index (Phi) is 5.69. The molecule has 7 heteroatoms. The molecule has 0 bridgehead atoms. The molecule has 6 nitrogen and oxygen atoms in total. The Morgan fingerprint density at radius 3 is 2.12 bits per heavy atom. The average Bonchev–Trinajstić information content (AvgIpc) is 2.84. The van der Waals surface area contributed by atoms with Gasteiger partial charge in [0.15, 0.2) is 5.11 Å². The topological polar surface area (TPSA) is 65.3 Å². The maximum Gasteiger partial charge on any atom is 0.269 e. The first kappa shape index (κ1) is 21.6. The highest BCUT2D eigenvalue weighted by molar-refractivity contribution is 7.81. The number of carbonyl (C=O) groups is 2. The summed E-state index contributed by atoms with van der Waals surface area (Å²) in [7, 11) is 0. The summed E-state index contributed by atoms with van der Waals surface area (Å²) in [6.45, 7) is 1.94. The van der Waals surface area contributed by atoms with Gasteiger partial charge >= 0.3 is 0 Å². The lowest BCUT2D eigenvalue weighted by atomic mass is 10.1. The second kappa shape index (κ2) is 8.96. The van der Waals surface area contributed by atoms with Gasteiger partial charge in [-0.3, -0.25) is 19.4 Å². The van der Waals surface area contributed by atoms with Gasteiger partial charge < -0.3 is 0 Å². The van der Waals surface area contributed by atoms with Crippen LogP contribution in [0, 0.1) is 6.92 Å². The van der Waals surface area contributed by atoms with Gasteiger partial charge in [-0.1, -0.05) is 60.7 Å². The molecule has 5 rings (SSSR count). The lowest BCUT2D eigenvalue weighted by Crippen LogP contribution is -2.62. The van der Waals surface area contributed by atoms with Gasteiger partial charge in [0.05, 0.1) is 17.1 Å². The number of anilines is 2. The van der Waals surface area contributed by atoms with Crippen molar-refractivity contribution in [2.24, 2.45) is 10.2 Å². The fourth-order valence-electron chi connectivity index (χ4n) is 3.92. The summed E-state index contributed by atoms with van der Waals surface area (Å²) in [6, 6.07) is 28.5. The molecule has 4 aromatic carbocycles. The Bertz CT molecular complexity index is 1450. The van der Waals surface area contributed by atoms with Crippen LogP contribution in [0.5, 0.6) is 0 Å². The smallest absolute Gasteiger partial charge is 0.269 e. The molecule has 0 saturated carbocycles. The number of rotatable bonds is 4. The van der Waals surface area contributed by atoms with Gasteiger partial charge in [-0.15, -0.1) is 0 Å². The molecule has 0 radical (unpaired) electrons. The van der Waals surface area contributed by atoms with Gasteiger partial charge in [0.1, 0.15) is 0 Å². The van der Waals surface area contributed by atoms with Crippen LogP contribution in [-0.2, 0) is 9.59 Å². The first-order valence-corrected chi connectivity index (χ1v) is 11.2. The van der Waals surface area contributed by atoms with Crippen molar-refractivity contribution in [2.45, 2.75) is 13.0 Å². The summed E-state index contributed by atoms with van der Waals surface area (Å²) in [6.07, 6.45) is 0. The third kappa shape index (κ3) is 3.97. The predicted octanol–water partition coefficient (Wildman–Crippen LogP) is 5.97. The first-order valence-electron chi connectivity index (χ1n) is 10.8. The summed E-state index contributed by atoms with van der Waals surface area (Å²) in [5, 5.41) is 10.5. The molecule has 0 spiro atoms. The number of hydrogen-bond donors (Lipinski definition) is 0. The molecular formula is C27H20N4O2S. The van der Waals surface area contributed by atoms with E-state index < -0.39 is 17.9 Å². The third-order valence-corrected chi connectivity index (χ3v) is 5.95. The number of thiocarbonyl (C=S) groups is 1. The Labute approximate surface area is 202 Å². The number of amides is 2. The van der Waals surface area contributed by atoms with Crippen molar-refractivity contribution < 1.29 is 9.59 Å². The van der Waals surface area contributed by atoms with E-state index in [1.165, 1.54) is 9.80 Å². The zero-order valence-corrected chi connectivity index (χ0v) is 19.1. The van der Waals surface area contributed by atoms with Crippen molar-refractivity contribution >= 4 is 57.0 Å². The number of nitrogens with zero attached hydrogens (tertiary/aromatic N) is 4. The third-order valence-electron chi connectivity index (χ3n) is 5.59. The van der Waals surface area contributed by atoms with Gasteiger partial charge in [-0.05, 0) is 71.9 Å². The summed E-state index contributed by atoms with van der Waals surface area (Å²) < 4.78 is 0. The van der Waals surface area contributed by atoms with Gasteiger partial charge in [0, 0.05) is 0 Å². The molecular weight excluding hydrogens is 444 g/mol. The second-order valence-electron chi connectivity index (χ2n) is 7.95. The van der Waals surface area contributed by atoms with Crippen molar-refractivity contribution in [3.8, 4) is 0 Å². The van der Waals surface area contributed by atoms with E-state index in [1.807, 2.05) is 85.8 Å². The molecule has 1 saturated heterocycles. The number of carbonyl (C=O) groups excluding carboxylic acids is 2. The van der Waals surface area contributed by atoms with Crippen LogP contribution in [0.2, 0.25) is 0 Å². The molecule has 0 aromatic heterocycles. The van der Waals surface area contributed by atoms with E-state index in [2.05, 4.69) is 10.2 Å². The minimum absolute atomic E-state index is 0.0819. The number of benzene rings is 4. The Balaban J connectivity index is 1.60. The van der Waals surface area contributed by atoms with Gasteiger partial charge in [-0.25, -0.2) is 0 Å². The van der Waals surface area contributed by atoms with Crippen LogP contribution in [0.4, 0.5) is 17.1 Å². The monoisotopic (exact) mass is 464 g/mol. The van der Waals surface area contributed by atoms with Crippen LogP contribution in [0.3, 0.4) is 0 Å². The lowest BCUT2D eigenvalue weighted by Gasteiger charge is -2.37. The van der Waals surface area contributed by atoms with E-state index in [0.29, 0.717) is 17.1 Å². The van der Waals surface area contributed by atoms with Crippen molar-refractivity contribution in [1.29, 1.82) is 0 Å². The molecule has 0 aliphatic carbocycles. The lowest BCUT2D eigenvalue weighted by molar-refractivity contribution is -0.128. The number of fused-ring (bicyclic) bond motifs is 1. The molecule has 2 amide bonds. The Morgan fingerprint density at radius 1 is 0.706 bits per heavy atom. The molecule has 1 fully saturated rings. The number of aryl methyl sites for hydroxylation is 1. The van der Waals surface area contributed by atoms with Crippen LogP contribution in [0.25, 0.3) is 10.8 Å². The highest BCUT2D eigenvalue weighted by Gasteiger charge is 2.45. The van der Waals surface area contributed by atoms with Gasteiger partial charge in [0.25, 0.3) is 11.8 Å². The molecule has 1 aliphatic rings. The van der Waals surface area contributed by atoms with Crippen molar-refractivity contribution in [1.82, 2.24) is 0 Å². The molecule has 166 valence electrons. The summed E-state index contributed by atoms with van der Waals surface area (Å²) in [5.74, 6) is -1.07. The van der Waals surface area contributed by atoms with Crippen molar-refractivity contribution in [2.75, 3.05) is 9.80 Å².